The van der Waals surface area contributed by atoms with E-state index in [4.69, 9.17) is 4.84 Å². The van der Waals surface area contributed by atoms with E-state index >= 15 is 0 Å². The van der Waals surface area contributed by atoms with Crippen LogP contribution in [0.15, 0.2) is 30.3 Å². The van der Waals surface area contributed by atoms with Crippen LogP contribution in [0.2, 0.25) is 0 Å². The fraction of sp³-hybridized carbons (Fsp3) is 0.750. The molecule has 0 amide bonds. The second-order valence-electron chi connectivity index (χ2n) is 8.92. The van der Waals surface area contributed by atoms with Gasteiger partial charge in [-0.2, -0.15) is 5.06 Å². The van der Waals surface area contributed by atoms with Crippen molar-refractivity contribution in [2.24, 2.45) is 5.92 Å². The quantitative estimate of drug-likeness (QED) is 0.527. The summed E-state index contributed by atoms with van der Waals surface area (Å²) >= 11 is 0. The third-order valence-electron chi connectivity index (χ3n) is 7.15. The maximum Gasteiger partial charge on any atom is 0.102 e. The summed E-state index contributed by atoms with van der Waals surface area (Å²) in [4.78, 5) is 6.74. The largest absolute Gasteiger partial charge is 0.314 e. The molecule has 0 spiro atoms. The van der Waals surface area contributed by atoms with Gasteiger partial charge in [0.25, 0.3) is 0 Å². The minimum Gasteiger partial charge on any atom is -0.314 e. The molecule has 2 rings (SSSR count). The standard InChI is InChI=1S/C24H42N2O/c1-8-11-17-25-22-18-23(6,9-2)26(24(7,10-3)19(22)4)27-20(5)21-15-13-12-14-16-21/h12-16,19-20,22,25H,8-11,17-18H2,1-7H3. The van der Waals surface area contributed by atoms with Gasteiger partial charge in [0.15, 0.2) is 0 Å². The summed E-state index contributed by atoms with van der Waals surface area (Å²) in [6, 6.07) is 11.1. The summed E-state index contributed by atoms with van der Waals surface area (Å²) in [6.07, 6.45) is 5.85. The maximum absolute atomic E-state index is 6.74. The molecule has 0 bridgehead atoms. The number of unbranched alkanes of at least 4 members (excludes halogenated alkanes) is 1. The Kier molecular flexibility index (Phi) is 7.91. The molecule has 1 aromatic carbocycles. The van der Waals surface area contributed by atoms with Gasteiger partial charge in [-0.15, -0.1) is 0 Å². The van der Waals surface area contributed by atoms with E-state index < -0.39 is 0 Å². The first-order chi connectivity index (χ1) is 12.8. The highest BCUT2D eigenvalue weighted by Gasteiger charge is 2.54. The Bertz CT molecular complexity index is 563. The molecule has 1 fully saturated rings. The van der Waals surface area contributed by atoms with Gasteiger partial charge >= 0.3 is 0 Å². The maximum atomic E-state index is 6.74. The molecule has 1 aliphatic heterocycles. The number of benzene rings is 1. The Labute approximate surface area is 167 Å². The number of rotatable bonds is 9. The number of hydroxylamine groups is 2. The van der Waals surface area contributed by atoms with Crippen LogP contribution >= 0.6 is 0 Å². The molecule has 1 aromatic rings. The smallest absolute Gasteiger partial charge is 0.102 e. The number of nitrogens with zero attached hydrogens (tertiary/aromatic N) is 1. The van der Waals surface area contributed by atoms with Crippen molar-refractivity contribution in [1.82, 2.24) is 10.4 Å². The number of hydrogen-bond donors (Lipinski definition) is 1. The molecule has 5 unspecified atom stereocenters. The van der Waals surface area contributed by atoms with Crippen molar-refractivity contribution in [2.45, 2.75) is 104 Å². The summed E-state index contributed by atoms with van der Waals surface area (Å²) in [5, 5.41) is 6.26. The van der Waals surface area contributed by atoms with Crippen LogP contribution in [0.5, 0.6) is 0 Å². The van der Waals surface area contributed by atoms with E-state index in [9.17, 15) is 0 Å². The third-order valence-corrected chi connectivity index (χ3v) is 7.15. The first-order valence-electron chi connectivity index (χ1n) is 11.1. The molecule has 1 aliphatic rings. The van der Waals surface area contributed by atoms with E-state index in [1.165, 1.54) is 18.4 Å². The van der Waals surface area contributed by atoms with Crippen LogP contribution in [0.3, 0.4) is 0 Å². The third kappa shape index (κ3) is 4.75. The zero-order valence-corrected chi connectivity index (χ0v) is 18.7. The molecule has 0 aromatic heterocycles. The minimum atomic E-state index is 0.00985. The zero-order chi connectivity index (χ0) is 20.1. The molecule has 0 aliphatic carbocycles. The fourth-order valence-electron chi connectivity index (χ4n) is 4.63. The first kappa shape index (κ1) is 22.4. The number of piperidine rings is 1. The summed E-state index contributed by atoms with van der Waals surface area (Å²) in [7, 11) is 0. The van der Waals surface area contributed by atoms with Crippen molar-refractivity contribution in [3.8, 4) is 0 Å². The van der Waals surface area contributed by atoms with Gasteiger partial charge in [0, 0.05) is 17.1 Å². The Morgan fingerprint density at radius 1 is 1.15 bits per heavy atom. The molecule has 3 heteroatoms. The van der Waals surface area contributed by atoms with E-state index in [1.807, 2.05) is 0 Å². The lowest BCUT2D eigenvalue weighted by Gasteiger charge is -2.60. The Hall–Kier alpha value is -0.900. The van der Waals surface area contributed by atoms with Crippen molar-refractivity contribution < 1.29 is 4.84 Å². The first-order valence-corrected chi connectivity index (χ1v) is 11.1. The van der Waals surface area contributed by atoms with Gasteiger partial charge in [0.05, 0.1) is 0 Å². The second-order valence-corrected chi connectivity index (χ2v) is 8.92. The van der Waals surface area contributed by atoms with Crippen molar-refractivity contribution in [1.29, 1.82) is 0 Å². The minimum absolute atomic E-state index is 0.00985. The van der Waals surface area contributed by atoms with Crippen LogP contribution < -0.4 is 5.32 Å². The van der Waals surface area contributed by atoms with Crippen molar-refractivity contribution in [3.05, 3.63) is 35.9 Å². The van der Waals surface area contributed by atoms with Gasteiger partial charge in [-0.05, 0) is 64.5 Å². The second kappa shape index (κ2) is 9.54. The van der Waals surface area contributed by atoms with E-state index in [-0.39, 0.29) is 17.2 Å². The topological polar surface area (TPSA) is 24.5 Å². The van der Waals surface area contributed by atoms with Crippen molar-refractivity contribution >= 4 is 0 Å². The van der Waals surface area contributed by atoms with Gasteiger partial charge in [-0.3, -0.25) is 4.84 Å². The highest BCUT2D eigenvalue weighted by Crippen LogP contribution is 2.47. The molecule has 154 valence electrons. The normalized spacial score (nSPS) is 33.1. The van der Waals surface area contributed by atoms with Gasteiger partial charge in [0.2, 0.25) is 0 Å². The molecular formula is C24H42N2O. The van der Waals surface area contributed by atoms with E-state index in [0.29, 0.717) is 12.0 Å². The predicted octanol–water partition coefficient (Wildman–Crippen LogP) is 6.12. The predicted molar refractivity (Wildman–Crippen MR) is 116 cm³/mol. The van der Waals surface area contributed by atoms with Crippen LogP contribution in [-0.2, 0) is 4.84 Å². The molecule has 5 atom stereocenters. The Morgan fingerprint density at radius 2 is 1.81 bits per heavy atom. The summed E-state index contributed by atoms with van der Waals surface area (Å²) in [5.74, 6) is 0.530. The average molecular weight is 375 g/mol. The van der Waals surface area contributed by atoms with Crippen molar-refractivity contribution in [3.63, 3.8) is 0 Å². The van der Waals surface area contributed by atoms with Crippen LogP contribution in [-0.4, -0.2) is 28.7 Å². The summed E-state index contributed by atoms with van der Waals surface area (Å²) < 4.78 is 0. The highest BCUT2D eigenvalue weighted by atomic mass is 16.7. The van der Waals surface area contributed by atoms with Gasteiger partial charge < -0.3 is 5.32 Å². The highest BCUT2D eigenvalue weighted by molar-refractivity contribution is 5.17. The summed E-state index contributed by atoms with van der Waals surface area (Å²) in [5.41, 5.74) is 1.28. The van der Waals surface area contributed by atoms with Gasteiger partial charge in [0.1, 0.15) is 6.10 Å². The number of nitrogens with one attached hydrogen (secondary N) is 1. The van der Waals surface area contributed by atoms with Crippen LogP contribution in [0, 0.1) is 5.92 Å². The fourth-order valence-corrected chi connectivity index (χ4v) is 4.63. The molecule has 1 heterocycles. The average Bonchev–Trinajstić information content (AvgIpc) is 2.69. The summed E-state index contributed by atoms with van der Waals surface area (Å²) in [6.45, 7) is 17.4. The Morgan fingerprint density at radius 3 is 2.37 bits per heavy atom. The lowest BCUT2D eigenvalue weighted by molar-refractivity contribution is -0.327. The molecule has 1 N–H and O–H groups in total. The van der Waals surface area contributed by atoms with E-state index in [1.54, 1.807) is 0 Å². The SMILES string of the molecule is CCCCNC1CC(C)(CC)N(OC(C)c2ccccc2)C(C)(CC)C1C. The molecule has 0 radical (unpaired) electrons. The molecular weight excluding hydrogens is 332 g/mol. The monoisotopic (exact) mass is 374 g/mol. The number of hydrogen-bond acceptors (Lipinski definition) is 3. The Balaban J connectivity index is 2.27. The van der Waals surface area contributed by atoms with E-state index in [0.717, 1.165) is 25.8 Å². The lowest BCUT2D eigenvalue weighted by atomic mass is 9.68. The van der Waals surface area contributed by atoms with Gasteiger partial charge in [-0.1, -0.05) is 64.4 Å². The molecule has 1 saturated heterocycles. The van der Waals surface area contributed by atoms with Gasteiger partial charge in [-0.25, -0.2) is 0 Å². The van der Waals surface area contributed by atoms with Crippen LogP contribution in [0.1, 0.15) is 92.2 Å². The lowest BCUT2D eigenvalue weighted by Crippen LogP contribution is -2.69. The zero-order valence-electron chi connectivity index (χ0n) is 18.7. The van der Waals surface area contributed by atoms with E-state index in [2.05, 4.69) is 89.2 Å². The molecule has 27 heavy (non-hydrogen) atoms. The molecule has 0 saturated carbocycles. The van der Waals surface area contributed by atoms with Crippen LogP contribution in [0.4, 0.5) is 0 Å². The van der Waals surface area contributed by atoms with Crippen molar-refractivity contribution in [2.75, 3.05) is 6.54 Å². The van der Waals surface area contributed by atoms with Crippen LogP contribution in [0.25, 0.3) is 0 Å². The molecule has 3 nitrogen and oxygen atoms in total.